The molecule has 8 rings (SSSR count). The van der Waals surface area contributed by atoms with E-state index in [1.54, 1.807) is 24.3 Å². The lowest BCUT2D eigenvalue weighted by Gasteiger charge is -2.20. The summed E-state index contributed by atoms with van der Waals surface area (Å²) in [6.45, 7) is 4.49. The smallest absolute Gasteiger partial charge is 0.238 e. The zero-order valence-electron chi connectivity index (χ0n) is 22.3. The van der Waals surface area contributed by atoms with Gasteiger partial charge in [-0.1, -0.05) is 50.2 Å². The number of halogens is 2. The van der Waals surface area contributed by atoms with Crippen molar-refractivity contribution in [3.8, 4) is 34.4 Å². The Morgan fingerprint density at radius 2 is 1.22 bits per heavy atom. The van der Waals surface area contributed by atoms with Crippen LogP contribution < -0.4 is 0 Å². The highest BCUT2D eigenvalue weighted by Crippen LogP contribution is 2.49. The second-order valence-electron chi connectivity index (χ2n) is 10.9. The van der Waals surface area contributed by atoms with Crippen LogP contribution in [0.1, 0.15) is 25.1 Å². The minimum atomic E-state index is -0.342. The molecule has 7 heteroatoms. The fraction of sp³-hybridized carbons (Fsp3) is 0.0882. The highest BCUT2D eigenvalue weighted by molar-refractivity contribution is 6.11. The van der Waals surface area contributed by atoms with Gasteiger partial charge in [-0.3, -0.25) is 4.57 Å². The van der Waals surface area contributed by atoms with Gasteiger partial charge in [0.2, 0.25) is 5.95 Å². The maximum absolute atomic E-state index is 13.8. The van der Waals surface area contributed by atoms with Gasteiger partial charge in [-0.2, -0.15) is 9.97 Å². The van der Waals surface area contributed by atoms with Crippen LogP contribution in [-0.4, -0.2) is 24.1 Å². The number of benzene rings is 4. The van der Waals surface area contributed by atoms with Crippen LogP contribution in [0.2, 0.25) is 0 Å². The van der Waals surface area contributed by atoms with E-state index in [0.29, 0.717) is 28.7 Å². The van der Waals surface area contributed by atoms with Crippen LogP contribution >= 0.6 is 0 Å². The zero-order chi connectivity index (χ0) is 27.9. The highest BCUT2D eigenvalue weighted by Gasteiger charge is 2.39. The molecule has 4 heterocycles. The number of nitrogens with zero attached hydrogens (tertiary/aromatic N) is 5. The van der Waals surface area contributed by atoms with Crippen LogP contribution in [0.5, 0.6) is 0 Å². The number of hydrogen-bond donors (Lipinski definition) is 0. The molecule has 0 spiro atoms. The summed E-state index contributed by atoms with van der Waals surface area (Å²) in [4.78, 5) is 14.7. The second-order valence-corrected chi connectivity index (χ2v) is 10.9. The average Bonchev–Trinajstić information content (AvgIpc) is 3.59. The maximum atomic E-state index is 13.8. The van der Waals surface area contributed by atoms with Gasteiger partial charge in [0.15, 0.2) is 11.6 Å². The Morgan fingerprint density at radius 1 is 0.634 bits per heavy atom. The standard InChI is InChI=1S/C34H23F2N5/c1-34(2)26-8-4-6-10-28(26)40-19-25-24-7-3-5-9-27(24)41(29(25)30(34)40)33-38-31(20-11-15-22(35)16-12-20)37-32(39-33)21-13-17-23(36)18-14-21/h3-19H,1-2H3. The van der Waals surface area contributed by atoms with Crippen LogP contribution in [0.25, 0.3) is 56.2 Å². The summed E-state index contributed by atoms with van der Waals surface area (Å²) in [6, 6.07) is 28.9. The minimum Gasteiger partial charge on any atom is -0.317 e. The first-order chi connectivity index (χ1) is 19.9. The topological polar surface area (TPSA) is 48.5 Å². The second kappa shape index (κ2) is 8.41. The summed E-state index contributed by atoms with van der Waals surface area (Å²) in [7, 11) is 0. The largest absolute Gasteiger partial charge is 0.317 e. The van der Waals surface area contributed by atoms with Crippen molar-refractivity contribution >= 4 is 21.8 Å². The zero-order valence-corrected chi connectivity index (χ0v) is 22.3. The lowest BCUT2D eigenvalue weighted by molar-refractivity contribution is 0.627. The average molecular weight is 540 g/mol. The van der Waals surface area contributed by atoms with Crippen molar-refractivity contribution in [2.24, 2.45) is 0 Å². The van der Waals surface area contributed by atoms with Gasteiger partial charge in [-0.15, -0.1) is 0 Å². The Bertz CT molecular complexity index is 2070. The van der Waals surface area contributed by atoms with Gasteiger partial charge in [0.25, 0.3) is 0 Å². The predicted octanol–water partition coefficient (Wildman–Crippen LogP) is 8.01. The first kappa shape index (κ1) is 23.7. The Balaban J connectivity index is 1.47. The molecule has 0 saturated carbocycles. The molecule has 0 radical (unpaired) electrons. The molecule has 0 unspecified atom stereocenters. The van der Waals surface area contributed by atoms with Crippen molar-refractivity contribution in [1.29, 1.82) is 0 Å². The van der Waals surface area contributed by atoms with Gasteiger partial charge in [0.1, 0.15) is 11.6 Å². The van der Waals surface area contributed by atoms with E-state index < -0.39 is 0 Å². The molecule has 4 aromatic carbocycles. The third kappa shape index (κ3) is 3.42. The molecule has 0 saturated heterocycles. The lowest BCUT2D eigenvalue weighted by Crippen LogP contribution is -2.17. The van der Waals surface area contributed by atoms with E-state index >= 15 is 0 Å². The predicted molar refractivity (Wildman–Crippen MR) is 156 cm³/mol. The Morgan fingerprint density at radius 3 is 1.88 bits per heavy atom. The number of hydrogen-bond acceptors (Lipinski definition) is 3. The molecule has 0 bridgehead atoms. The van der Waals surface area contributed by atoms with Crippen LogP contribution in [0, 0.1) is 11.6 Å². The van der Waals surface area contributed by atoms with E-state index in [1.807, 2.05) is 12.1 Å². The summed E-state index contributed by atoms with van der Waals surface area (Å²) in [5.74, 6) is 0.556. The molecule has 1 aliphatic heterocycles. The van der Waals surface area contributed by atoms with Crippen LogP contribution in [-0.2, 0) is 5.41 Å². The number of fused-ring (bicyclic) bond motifs is 7. The maximum Gasteiger partial charge on any atom is 0.238 e. The Kier molecular flexibility index (Phi) is 4.86. The third-order valence-corrected chi connectivity index (χ3v) is 8.09. The molecule has 3 aromatic heterocycles. The molecule has 0 amide bonds. The van der Waals surface area contributed by atoms with Crippen LogP contribution in [0.4, 0.5) is 8.78 Å². The van der Waals surface area contributed by atoms with Crippen molar-refractivity contribution in [3.05, 3.63) is 126 Å². The molecular formula is C34H23F2N5. The summed E-state index contributed by atoms with van der Waals surface area (Å²) in [5.41, 5.74) is 6.58. The van der Waals surface area contributed by atoms with Gasteiger partial charge in [0.05, 0.1) is 16.7 Å². The molecule has 0 aliphatic carbocycles. The Labute approximate surface area is 234 Å². The number of aromatic nitrogens is 5. The molecule has 5 nitrogen and oxygen atoms in total. The van der Waals surface area contributed by atoms with Gasteiger partial charge < -0.3 is 4.57 Å². The van der Waals surface area contributed by atoms with Crippen molar-refractivity contribution in [1.82, 2.24) is 24.1 Å². The van der Waals surface area contributed by atoms with Crippen molar-refractivity contribution < 1.29 is 8.78 Å². The molecule has 41 heavy (non-hydrogen) atoms. The van der Waals surface area contributed by atoms with Gasteiger partial charge in [-0.25, -0.2) is 13.8 Å². The summed E-state index contributed by atoms with van der Waals surface area (Å²) in [6.07, 6.45) is 2.21. The van der Waals surface area contributed by atoms with E-state index in [1.165, 1.54) is 29.8 Å². The van der Waals surface area contributed by atoms with E-state index in [0.717, 1.165) is 33.2 Å². The molecule has 0 fully saturated rings. The lowest BCUT2D eigenvalue weighted by atomic mass is 9.83. The number of para-hydroxylation sites is 2. The van der Waals surface area contributed by atoms with E-state index in [-0.39, 0.29) is 17.0 Å². The SMILES string of the molecule is CC1(C)c2ccccc2-n2cc3c4ccccc4n(-c4nc(-c5ccc(F)cc5)nc(-c5ccc(F)cc5)n4)c3c21. The van der Waals surface area contributed by atoms with E-state index in [9.17, 15) is 8.78 Å². The van der Waals surface area contributed by atoms with E-state index in [2.05, 4.69) is 65.6 Å². The molecule has 1 aliphatic rings. The van der Waals surface area contributed by atoms with E-state index in [4.69, 9.17) is 15.0 Å². The molecule has 0 N–H and O–H groups in total. The molecule has 198 valence electrons. The van der Waals surface area contributed by atoms with Gasteiger partial charge >= 0.3 is 0 Å². The van der Waals surface area contributed by atoms with Crippen molar-refractivity contribution in [3.63, 3.8) is 0 Å². The van der Waals surface area contributed by atoms with Gasteiger partial charge in [0, 0.05) is 39.2 Å². The molecule has 7 aromatic rings. The van der Waals surface area contributed by atoms with Gasteiger partial charge in [-0.05, 0) is 66.2 Å². The summed E-state index contributed by atoms with van der Waals surface area (Å²) < 4.78 is 32.0. The van der Waals surface area contributed by atoms with Crippen molar-refractivity contribution in [2.45, 2.75) is 19.3 Å². The quantitative estimate of drug-likeness (QED) is 0.229. The molecule has 0 atom stereocenters. The fourth-order valence-electron chi connectivity index (χ4n) is 6.19. The summed E-state index contributed by atoms with van der Waals surface area (Å²) >= 11 is 0. The van der Waals surface area contributed by atoms with Crippen LogP contribution in [0.15, 0.2) is 103 Å². The summed E-state index contributed by atoms with van der Waals surface area (Å²) in [5, 5.41) is 2.19. The first-order valence-electron chi connectivity index (χ1n) is 13.4. The first-order valence-corrected chi connectivity index (χ1v) is 13.4. The number of rotatable bonds is 3. The normalized spacial score (nSPS) is 13.6. The Hall–Kier alpha value is -5.17. The fourth-order valence-corrected chi connectivity index (χ4v) is 6.19. The monoisotopic (exact) mass is 539 g/mol. The molecular weight excluding hydrogens is 516 g/mol. The third-order valence-electron chi connectivity index (χ3n) is 8.09. The highest BCUT2D eigenvalue weighted by atomic mass is 19.1. The minimum absolute atomic E-state index is 0.281. The van der Waals surface area contributed by atoms with Crippen molar-refractivity contribution in [2.75, 3.05) is 0 Å². The van der Waals surface area contributed by atoms with Crippen LogP contribution in [0.3, 0.4) is 0 Å².